The molecule has 0 radical (unpaired) electrons. The third-order valence-electron chi connectivity index (χ3n) is 1.52. The monoisotopic (exact) mass is 265 g/mol. The van der Waals surface area contributed by atoms with Crippen LogP contribution in [0.4, 0.5) is 11.8 Å². The first-order chi connectivity index (χ1) is 7.87. The van der Waals surface area contributed by atoms with E-state index in [-0.39, 0.29) is 25.0 Å². The quantitative estimate of drug-likeness (QED) is 0.361. The fourth-order valence-corrected chi connectivity index (χ4v) is 1.33. The molecule has 0 amide bonds. The molecule has 0 unspecified atom stereocenters. The number of aromatic nitrogens is 2. The van der Waals surface area contributed by atoms with Crippen LogP contribution in [-0.2, 0) is 9.30 Å². The summed E-state index contributed by atoms with van der Waals surface area (Å²) in [5, 5.41) is 0. The number of aromatic amines is 1. The first-order valence-electron chi connectivity index (χ1n) is 4.57. The molecule has 0 spiro atoms. The molecule has 7 N–H and O–H groups in total. The third-order valence-corrected chi connectivity index (χ3v) is 2.04. The number of anilines is 2. The molecular weight excluding hydrogens is 251 g/mol. The summed E-state index contributed by atoms with van der Waals surface area (Å²) in [6, 6.07) is 1.43. The zero-order valence-corrected chi connectivity index (χ0v) is 9.76. The molecule has 17 heavy (non-hydrogen) atoms. The van der Waals surface area contributed by atoms with Crippen LogP contribution in [0.15, 0.2) is 6.07 Å². The van der Waals surface area contributed by atoms with E-state index >= 15 is 0 Å². The van der Waals surface area contributed by atoms with Gasteiger partial charge in [0.15, 0.2) is 0 Å². The van der Waals surface area contributed by atoms with Crippen molar-refractivity contribution in [1.82, 2.24) is 4.98 Å². The van der Waals surface area contributed by atoms with Gasteiger partial charge in [0, 0.05) is 0 Å². The van der Waals surface area contributed by atoms with Crippen molar-refractivity contribution in [2.45, 2.75) is 0 Å². The number of H-pyrrole nitrogens is 1. The molecule has 1 aromatic rings. The fourth-order valence-electron chi connectivity index (χ4n) is 0.968. The molecule has 1 heterocycles. The minimum Gasteiger partial charge on any atom is -0.465 e. The van der Waals surface area contributed by atoms with Crippen molar-refractivity contribution in [3.63, 3.8) is 0 Å². The van der Waals surface area contributed by atoms with Crippen molar-refractivity contribution in [3.8, 4) is 5.88 Å². The number of nitrogens with zero attached hydrogens (tertiary/aromatic N) is 1. The van der Waals surface area contributed by atoms with Crippen molar-refractivity contribution in [1.29, 1.82) is 0 Å². The van der Waals surface area contributed by atoms with E-state index in [0.717, 1.165) is 0 Å². The highest BCUT2D eigenvalue weighted by molar-refractivity contribution is 7.51. The molecule has 1 aromatic heterocycles. The lowest BCUT2D eigenvalue weighted by Gasteiger charge is -2.06. The van der Waals surface area contributed by atoms with Crippen molar-refractivity contribution in [2.24, 2.45) is 0 Å². The highest BCUT2D eigenvalue weighted by Gasteiger charge is 2.12. The van der Waals surface area contributed by atoms with Gasteiger partial charge in [-0.15, -0.1) is 0 Å². The van der Waals surface area contributed by atoms with Crippen LogP contribution in [-0.4, -0.2) is 34.3 Å². The average Bonchev–Trinajstić information content (AvgIpc) is 2.13. The largest absolute Gasteiger partial charge is 0.465 e. The minimum atomic E-state index is -4.13. The van der Waals surface area contributed by atoms with Crippen LogP contribution >= 0.6 is 7.60 Å². The molecule has 0 saturated carbocycles. The maximum atomic E-state index is 10.4. The third kappa shape index (κ3) is 6.03. The van der Waals surface area contributed by atoms with E-state index in [1.165, 1.54) is 6.07 Å². The lowest BCUT2D eigenvalue weighted by Crippen LogP contribution is -2.19. The van der Waals surface area contributed by atoms with Crippen molar-refractivity contribution in [3.05, 3.63) is 6.07 Å². The molecular formula is C7H14N4O5P+. The average molecular weight is 265 g/mol. The molecule has 0 bridgehead atoms. The summed E-state index contributed by atoms with van der Waals surface area (Å²) >= 11 is 0. The molecule has 0 atom stereocenters. The fraction of sp³-hybridized carbons (Fsp3) is 0.429. The Morgan fingerprint density at radius 2 is 2.12 bits per heavy atom. The Morgan fingerprint density at radius 3 is 2.71 bits per heavy atom. The molecule has 1 rings (SSSR count). The second-order valence-corrected chi connectivity index (χ2v) is 4.69. The standard InChI is InChI=1S/C7H13N4O5P/c8-5-3-6(11-7(9)10-5)16-2-1-15-4-17(12,13)14/h3H,1-2,4H2,(H2,12,13,14)(H4,8,9,10,11)/p+1. The normalized spacial score (nSPS) is 11.4. The van der Waals surface area contributed by atoms with Crippen LogP contribution in [0.1, 0.15) is 0 Å². The zero-order valence-electron chi connectivity index (χ0n) is 8.87. The zero-order chi connectivity index (χ0) is 12.9. The van der Waals surface area contributed by atoms with Gasteiger partial charge in [-0.1, -0.05) is 4.98 Å². The number of nitrogens with one attached hydrogen (secondary N) is 1. The molecule has 0 aromatic carbocycles. The Labute approximate surface area is 96.9 Å². The Balaban J connectivity index is 2.29. The van der Waals surface area contributed by atoms with Crippen LogP contribution in [0.2, 0.25) is 0 Å². The van der Waals surface area contributed by atoms with Gasteiger partial charge in [-0.25, -0.2) is 4.98 Å². The summed E-state index contributed by atoms with van der Waals surface area (Å²) in [4.78, 5) is 23.3. The van der Waals surface area contributed by atoms with Crippen LogP contribution in [0.3, 0.4) is 0 Å². The number of nitrogens with two attached hydrogens (primary N) is 2. The number of nitrogen functional groups attached to an aromatic ring is 2. The molecule has 9 nitrogen and oxygen atoms in total. The molecule has 0 aliphatic rings. The number of hydrogen-bond acceptors (Lipinski definition) is 6. The maximum absolute atomic E-state index is 10.4. The highest BCUT2D eigenvalue weighted by atomic mass is 31.2. The Kier molecular flexibility index (Phi) is 4.64. The van der Waals surface area contributed by atoms with Crippen LogP contribution in [0.5, 0.6) is 5.88 Å². The van der Waals surface area contributed by atoms with Gasteiger partial charge in [-0.05, 0) is 0 Å². The van der Waals surface area contributed by atoms with Gasteiger partial charge in [-0.2, -0.15) is 0 Å². The summed E-state index contributed by atoms with van der Waals surface area (Å²) < 4.78 is 20.3. The van der Waals surface area contributed by atoms with Crippen LogP contribution in [0.25, 0.3) is 0 Å². The molecule has 0 saturated heterocycles. The van der Waals surface area contributed by atoms with E-state index in [4.69, 9.17) is 30.7 Å². The number of ether oxygens (including phenoxy) is 2. The Morgan fingerprint density at radius 1 is 1.41 bits per heavy atom. The number of hydrogen-bond donors (Lipinski definition) is 4. The second-order valence-electron chi connectivity index (χ2n) is 3.11. The van der Waals surface area contributed by atoms with Gasteiger partial charge in [-0.3, -0.25) is 10.3 Å². The van der Waals surface area contributed by atoms with Crippen molar-refractivity contribution in [2.75, 3.05) is 31.0 Å². The first-order valence-corrected chi connectivity index (χ1v) is 6.37. The molecule has 0 aliphatic heterocycles. The molecule has 10 heteroatoms. The minimum absolute atomic E-state index is 0.0289. The van der Waals surface area contributed by atoms with E-state index < -0.39 is 13.9 Å². The van der Waals surface area contributed by atoms with Crippen LogP contribution in [0, 0.1) is 0 Å². The second kappa shape index (κ2) is 5.78. The van der Waals surface area contributed by atoms with Gasteiger partial charge in [0.25, 0.3) is 5.88 Å². The maximum Gasteiger partial charge on any atom is 0.391 e. The topological polar surface area (TPSA) is 155 Å². The van der Waals surface area contributed by atoms with E-state index in [0.29, 0.717) is 5.88 Å². The summed E-state index contributed by atoms with van der Waals surface area (Å²) in [6.45, 7) is 0.125. The highest BCUT2D eigenvalue weighted by Crippen LogP contribution is 2.33. The summed E-state index contributed by atoms with van der Waals surface area (Å²) in [7, 11) is -4.13. The number of rotatable bonds is 6. The smallest absolute Gasteiger partial charge is 0.391 e. The predicted octanol–water partition coefficient (Wildman–Crippen LogP) is -1.41. The van der Waals surface area contributed by atoms with Crippen molar-refractivity contribution >= 4 is 19.4 Å². The van der Waals surface area contributed by atoms with E-state index in [1.807, 2.05) is 0 Å². The SMILES string of the molecule is Nc1cc(OCCOCP(=O)(O)O)[nH+]c(N)n1. The van der Waals surface area contributed by atoms with Crippen LogP contribution < -0.4 is 21.2 Å². The summed E-state index contributed by atoms with van der Waals surface area (Å²) in [5.74, 6) is 0.610. The Bertz CT molecular complexity index is 402. The predicted molar refractivity (Wildman–Crippen MR) is 58.0 cm³/mol. The molecule has 0 aliphatic carbocycles. The lowest BCUT2D eigenvalue weighted by molar-refractivity contribution is -0.381. The Hall–Kier alpha value is -1.41. The van der Waals surface area contributed by atoms with Gasteiger partial charge in [0.05, 0.1) is 12.7 Å². The van der Waals surface area contributed by atoms with Gasteiger partial charge < -0.3 is 25.0 Å². The van der Waals surface area contributed by atoms with Gasteiger partial charge in [0.2, 0.25) is 5.82 Å². The summed E-state index contributed by atoms with van der Waals surface area (Å²) in [5.41, 5.74) is 10.8. The molecule has 96 valence electrons. The van der Waals surface area contributed by atoms with Gasteiger partial charge in [0.1, 0.15) is 13.0 Å². The lowest BCUT2D eigenvalue weighted by atomic mass is 10.5. The van der Waals surface area contributed by atoms with E-state index in [1.54, 1.807) is 0 Å². The van der Waals surface area contributed by atoms with E-state index in [2.05, 4.69) is 9.97 Å². The summed E-state index contributed by atoms with van der Waals surface area (Å²) in [6.07, 6.45) is -0.638. The van der Waals surface area contributed by atoms with Crippen molar-refractivity contribution < 1.29 is 28.8 Å². The van der Waals surface area contributed by atoms with E-state index in [9.17, 15) is 4.57 Å². The molecule has 0 fully saturated rings. The van der Waals surface area contributed by atoms with Gasteiger partial charge >= 0.3 is 13.5 Å². The first kappa shape index (κ1) is 13.7.